The van der Waals surface area contributed by atoms with Crippen LogP contribution in [-0.4, -0.2) is 62.9 Å². The molecule has 10 heteroatoms. The molecule has 2 aromatic carbocycles. The average molecular weight is 436 g/mol. The molecule has 2 aromatic rings. The van der Waals surface area contributed by atoms with Gasteiger partial charge in [-0.3, -0.25) is 4.18 Å². The Morgan fingerprint density at radius 1 is 0.933 bits per heavy atom. The van der Waals surface area contributed by atoms with E-state index in [1.807, 2.05) is 0 Å². The summed E-state index contributed by atoms with van der Waals surface area (Å²) in [5, 5.41) is 10.1. The molecule has 3 rings (SSSR count). The first-order valence-corrected chi connectivity index (χ1v) is 10.8. The Bertz CT molecular complexity index is 976. The lowest BCUT2D eigenvalue weighted by molar-refractivity contribution is -0.128. The first kappa shape index (κ1) is 21.9. The number of benzene rings is 2. The summed E-state index contributed by atoms with van der Waals surface area (Å²) in [4.78, 5) is 24.6. The van der Waals surface area contributed by atoms with Gasteiger partial charge in [-0.05, 0) is 24.3 Å². The molecular weight excluding hydrogens is 416 g/mol. The Balaban J connectivity index is 1.75. The quantitative estimate of drug-likeness (QED) is 0.502. The maximum atomic E-state index is 12.5. The molecule has 0 radical (unpaired) electrons. The minimum Gasteiger partial charge on any atom is -0.459 e. The topological polar surface area (TPSA) is 125 Å². The molecule has 0 spiro atoms. The highest BCUT2D eigenvalue weighted by Gasteiger charge is 2.49. The van der Waals surface area contributed by atoms with E-state index in [1.165, 1.54) is 12.1 Å². The third-order valence-corrected chi connectivity index (χ3v) is 4.78. The normalized spacial score (nSPS) is 23.7. The molecule has 1 fully saturated rings. The second-order valence-corrected chi connectivity index (χ2v) is 8.13. The van der Waals surface area contributed by atoms with Crippen molar-refractivity contribution in [1.82, 2.24) is 0 Å². The summed E-state index contributed by atoms with van der Waals surface area (Å²) >= 11 is 0. The lowest BCUT2D eigenvalue weighted by Crippen LogP contribution is -2.41. The van der Waals surface area contributed by atoms with Crippen molar-refractivity contribution in [2.75, 3.05) is 12.9 Å². The lowest BCUT2D eigenvalue weighted by Gasteiger charge is -2.22. The van der Waals surface area contributed by atoms with Crippen molar-refractivity contribution >= 4 is 22.1 Å². The molecule has 1 aliphatic heterocycles. The Morgan fingerprint density at radius 2 is 1.47 bits per heavy atom. The van der Waals surface area contributed by atoms with Gasteiger partial charge in [0.15, 0.2) is 18.5 Å². The number of ether oxygens (including phenoxy) is 3. The monoisotopic (exact) mass is 436 g/mol. The van der Waals surface area contributed by atoms with E-state index in [2.05, 4.69) is 0 Å². The summed E-state index contributed by atoms with van der Waals surface area (Å²) < 4.78 is 43.8. The standard InChI is InChI=1S/C20H20O9S/c1-30(24,25)29-17-16(28-19(22)14-10-6-3-7-11-14)15(27-20(17)23)12-26-18(21)13-8-4-2-5-9-13/h2-11,15-17,20,23H,12H2,1H3/t15-,16-,17+,20-/m0/s1. The van der Waals surface area contributed by atoms with Crippen LogP contribution in [0.3, 0.4) is 0 Å². The number of hydrogen-bond acceptors (Lipinski definition) is 9. The van der Waals surface area contributed by atoms with Crippen molar-refractivity contribution in [1.29, 1.82) is 0 Å². The number of aliphatic hydroxyl groups is 1. The zero-order valence-electron chi connectivity index (χ0n) is 15.9. The fraction of sp³-hybridized carbons (Fsp3) is 0.300. The van der Waals surface area contributed by atoms with E-state index in [4.69, 9.17) is 18.4 Å². The number of hydrogen-bond donors (Lipinski definition) is 1. The van der Waals surface area contributed by atoms with E-state index in [9.17, 15) is 23.1 Å². The van der Waals surface area contributed by atoms with E-state index in [1.54, 1.807) is 48.5 Å². The van der Waals surface area contributed by atoms with Crippen molar-refractivity contribution in [3.8, 4) is 0 Å². The van der Waals surface area contributed by atoms with E-state index in [0.717, 1.165) is 6.26 Å². The zero-order chi connectivity index (χ0) is 21.7. The van der Waals surface area contributed by atoms with Crippen molar-refractivity contribution in [2.24, 2.45) is 0 Å². The Hall–Kier alpha value is -2.79. The van der Waals surface area contributed by atoms with Gasteiger partial charge in [-0.15, -0.1) is 0 Å². The van der Waals surface area contributed by atoms with Gasteiger partial charge in [0.25, 0.3) is 10.1 Å². The lowest BCUT2D eigenvalue weighted by atomic mass is 10.1. The number of rotatable bonds is 7. The van der Waals surface area contributed by atoms with Gasteiger partial charge in [-0.1, -0.05) is 36.4 Å². The second kappa shape index (κ2) is 9.35. The van der Waals surface area contributed by atoms with Gasteiger partial charge in [0.1, 0.15) is 12.7 Å². The predicted molar refractivity (Wildman–Crippen MR) is 103 cm³/mol. The van der Waals surface area contributed by atoms with E-state index in [0.29, 0.717) is 0 Å². The molecule has 0 amide bonds. The van der Waals surface area contributed by atoms with Gasteiger partial charge in [-0.25, -0.2) is 9.59 Å². The van der Waals surface area contributed by atoms with Crippen LogP contribution in [0, 0.1) is 0 Å². The van der Waals surface area contributed by atoms with Crippen LogP contribution < -0.4 is 0 Å². The summed E-state index contributed by atoms with van der Waals surface area (Å²) in [6.07, 6.45) is -4.93. The number of esters is 2. The molecule has 1 N–H and O–H groups in total. The number of aliphatic hydroxyl groups excluding tert-OH is 1. The molecule has 30 heavy (non-hydrogen) atoms. The smallest absolute Gasteiger partial charge is 0.338 e. The molecule has 4 atom stereocenters. The van der Waals surface area contributed by atoms with Crippen LogP contribution in [0.5, 0.6) is 0 Å². The fourth-order valence-corrected chi connectivity index (χ4v) is 3.48. The molecule has 1 heterocycles. The van der Waals surface area contributed by atoms with E-state index >= 15 is 0 Å². The van der Waals surface area contributed by atoms with Crippen molar-refractivity contribution in [3.05, 3.63) is 71.8 Å². The molecule has 0 saturated carbocycles. The first-order valence-electron chi connectivity index (χ1n) is 8.94. The van der Waals surface area contributed by atoms with Gasteiger partial charge >= 0.3 is 11.9 Å². The Morgan fingerprint density at radius 3 is 2.00 bits per heavy atom. The molecule has 0 aliphatic carbocycles. The average Bonchev–Trinajstić information content (AvgIpc) is 3.00. The SMILES string of the molecule is CS(=O)(=O)O[C@@H]1[C@@H](OC(=O)c2ccccc2)[C@H](COC(=O)c2ccccc2)O[C@@H]1O. The maximum Gasteiger partial charge on any atom is 0.338 e. The van der Waals surface area contributed by atoms with Crippen LogP contribution in [0.2, 0.25) is 0 Å². The van der Waals surface area contributed by atoms with E-state index < -0.39 is 53.3 Å². The van der Waals surface area contributed by atoms with Gasteiger partial charge in [-0.2, -0.15) is 8.42 Å². The minimum absolute atomic E-state index is 0.206. The molecule has 0 bridgehead atoms. The highest BCUT2D eigenvalue weighted by atomic mass is 32.2. The minimum atomic E-state index is -4.01. The number of carbonyl (C=O) groups excluding carboxylic acids is 2. The van der Waals surface area contributed by atoms with Crippen LogP contribution >= 0.6 is 0 Å². The summed E-state index contributed by atoms with van der Waals surface area (Å²) in [5.41, 5.74) is 0.495. The largest absolute Gasteiger partial charge is 0.459 e. The van der Waals surface area contributed by atoms with Crippen LogP contribution in [0.1, 0.15) is 20.7 Å². The van der Waals surface area contributed by atoms with Crippen LogP contribution in [0.15, 0.2) is 60.7 Å². The maximum absolute atomic E-state index is 12.5. The molecule has 160 valence electrons. The highest BCUT2D eigenvalue weighted by molar-refractivity contribution is 7.86. The van der Waals surface area contributed by atoms with Gasteiger partial charge in [0.05, 0.1) is 17.4 Å². The van der Waals surface area contributed by atoms with Crippen LogP contribution in [0.25, 0.3) is 0 Å². The van der Waals surface area contributed by atoms with Crippen LogP contribution in [0.4, 0.5) is 0 Å². The summed E-state index contributed by atoms with van der Waals surface area (Å²) in [5.74, 6) is -1.44. The first-order chi connectivity index (χ1) is 14.2. The van der Waals surface area contributed by atoms with Gasteiger partial charge in [0.2, 0.25) is 0 Å². The predicted octanol–water partition coefficient (Wildman–Crippen LogP) is 1.13. The molecular formula is C20H20O9S. The molecule has 0 unspecified atom stereocenters. The third kappa shape index (κ3) is 5.63. The fourth-order valence-electron chi connectivity index (χ4n) is 2.87. The summed E-state index contributed by atoms with van der Waals surface area (Å²) in [7, 11) is -4.01. The van der Waals surface area contributed by atoms with Crippen LogP contribution in [-0.2, 0) is 28.5 Å². The van der Waals surface area contributed by atoms with Gasteiger partial charge in [0, 0.05) is 0 Å². The Kier molecular flexibility index (Phi) is 6.83. The van der Waals surface area contributed by atoms with Crippen molar-refractivity contribution in [2.45, 2.75) is 24.6 Å². The summed E-state index contributed by atoms with van der Waals surface area (Å²) in [6.45, 7) is -0.402. The Labute approximate surface area is 173 Å². The van der Waals surface area contributed by atoms with E-state index in [-0.39, 0.29) is 11.1 Å². The highest BCUT2D eigenvalue weighted by Crippen LogP contribution is 2.28. The van der Waals surface area contributed by atoms with Crippen molar-refractivity contribution in [3.63, 3.8) is 0 Å². The third-order valence-electron chi connectivity index (χ3n) is 4.21. The van der Waals surface area contributed by atoms with Crippen molar-refractivity contribution < 1.29 is 41.5 Å². The van der Waals surface area contributed by atoms with Gasteiger partial charge < -0.3 is 19.3 Å². The summed E-state index contributed by atoms with van der Waals surface area (Å²) in [6, 6.07) is 16.1. The second-order valence-electron chi connectivity index (χ2n) is 6.53. The zero-order valence-corrected chi connectivity index (χ0v) is 16.7. The molecule has 1 aliphatic rings. The molecule has 0 aromatic heterocycles. The molecule has 9 nitrogen and oxygen atoms in total. The number of carbonyl (C=O) groups is 2. The molecule has 1 saturated heterocycles.